The van der Waals surface area contributed by atoms with Crippen molar-refractivity contribution in [3.05, 3.63) is 80.9 Å². The molecule has 0 radical (unpaired) electrons. The number of nitrogens with zero attached hydrogens (tertiary/aromatic N) is 5. The van der Waals surface area contributed by atoms with E-state index in [4.69, 9.17) is 17.0 Å². The Kier molecular flexibility index (Phi) is 7.13. The number of amides is 1. The summed E-state index contributed by atoms with van der Waals surface area (Å²) in [4.78, 5) is 13.4. The lowest BCUT2D eigenvalue weighted by Gasteiger charge is -2.19. The van der Waals surface area contributed by atoms with Crippen LogP contribution in [0.1, 0.15) is 39.6 Å². The molecule has 234 valence electrons. The number of alkyl halides is 7. The second-order valence-electron chi connectivity index (χ2n) is 9.74. The molecule has 9 nitrogen and oxygen atoms in total. The normalized spacial score (nSPS) is 15.0. The molecule has 2 aromatic heterocycles. The number of carbonyl (C=O) groups is 1. The summed E-state index contributed by atoms with van der Waals surface area (Å²) in [6, 6.07) is 3.50. The second-order valence-corrected chi connectivity index (χ2v) is 10.1. The summed E-state index contributed by atoms with van der Waals surface area (Å²) in [6.07, 6.45) is -8.22. The van der Waals surface area contributed by atoms with Crippen molar-refractivity contribution in [1.29, 1.82) is 5.41 Å². The van der Waals surface area contributed by atoms with Gasteiger partial charge in [-0.15, -0.1) is 10.2 Å². The third kappa shape index (κ3) is 4.98. The average Bonchev–Trinajstić information content (AvgIpc) is 3.43. The standard InChI is InChI=1S/C26H14ClF9N8O/c27-13-2-1-8(28)3-10(13)20-17-14(38-22-11-4-9(29)5-12(26(34,35)36)19(11)40-42-41-22)6-15-21(18(17)23(45)39-20)44(24(32)33)25(37)43(15)7-16(30)31/h1-6,16,20,24,37H,7H2,(H,39,45)(H,38,40,41). The second kappa shape index (κ2) is 10.6. The quantitative estimate of drug-likeness (QED) is 0.181. The third-order valence-corrected chi connectivity index (χ3v) is 7.43. The van der Waals surface area contributed by atoms with Gasteiger partial charge in [-0.2, -0.15) is 22.0 Å². The lowest BCUT2D eigenvalue weighted by molar-refractivity contribution is -0.136. The van der Waals surface area contributed by atoms with E-state index in [-0.39, 0.29) is 32.5 Å². The molecule has 6 rings (SSSR count). The first kappa shape index (κ1) is 30.2. The first-order valence-corrected chi connectivity index (χ1v) is 12.9. The molecule has 1 aliphatic heterocycles. The number of imidazole rings is 1. The van der Waals surface area contributed by atoms with E-state index in [1.54, 1.807) is 0 Å². The number of fused-ring (bicyclic) bond motifs is 4. The molecule has 0 fully saturated rings. The maximum atomic E-state index is 14.4. The van der Waals surface area contributed by atoms with Gasteiger partial charge in [-0.3, -0.25) is 14.8 Å². The molecule has 0 saturated heterocycles. The topological polar surface area (TPSA) is 114 Å². The summed E-state index contributed by atoms with van der Waals surface area (Å²) < 4.78 is 126. The van der Waals surface area contributed by atoms with Crippen molar-refractivity contribution in [1.82, 2.24) is 29.9 Å². The Morgan fingerprint density at radius 1 is 1.04 bits per heavy atom. The summed E-state index contributed by atoms with van der Waals surface area (Å²) in [5.74, 6) is -3.76. The van der Waals surface area contributed by atoms with Crippen LogP contribution in [0.25, 0.3) is 21.9 Å². The third-order valence-electron chi connectivity index (χ3n) is 7.09. The average molecular weight is 661 g/mol. The van der Waals surface area contributed by atoms with Gasteiger partial charge in [-0.25, -0.2) is 17.6 Å². The number of hydrogen-bond donors (Lipinski definition) is 3. The van der Waals surface area contributed by atoms with Crippen LogP contribution in [0.3, 0.4) is 0 Å². The van der Waals surface area contributed by atoms with Gasteiger partial charge in [-0.05, 0) is 41.6 Å². The summed E-state index contributed by atoms with van der Waals surface area (Å²) in [5, 5.41) is 23.0. The number of halogens is 10. The van der Waals surface area contributed by atoms with Crippen LogP contribution in [0.2, 0.25) is 5.02 Å². The Labute approximate surface area is 248 Å². The highest BCUT2D eigenvalue weighted by molar-refractivity contribution is 6.31. The molecule has 45 heavy (non-hydrogen) atoms. The SMILES string of the molecule is N=c1n(CC(F)F)c2cc(Nc3nnnc4c(C(F)(F)F)cc(F)cc34)c3c(c2n1C(F)F)C(=O)NC3c1cc(F)ccc1Cl. The van der Waals surface area contributed by atoms with E-state index in [0.717, 1.165) is 24.3 Å². The Balaban J connectivity index is 1.70. The summed E-state index contributed by atoms with van der Waals surface area (Å²) >= 11 is 6.29. The minimum Gasteiger partial charge on any atom is -0.341 e. The van der Waals surface area contributed by atoms with Crippen LogP contribution < -0.4 is 16.3 Å². The zero-order valence-electron chi connectivity index (χ0n) is 21.8. The minimum absolute atomic E-state index is 0.0437. The van der Waals surface area contributed by atoms with Gasteiger partial charge in [0, 0.05) is 21.8 Å². The predicted molar refractivity (Wildman–Crippen MR) is 139 cm³/mol. The smallest absolute Gasteiger partial charge is 0.341 e. The fourth-order valence-electron chi connectivity index (χ4n) is 5.35. The molecule has 0 aliphatic carbocycles. The van der Waals surface area contributed by atoms with E-state index in [1.807, 2.05) is 0 Å². The fraction of sp³-hybridized carbons (Fsp3) is 0.192. The van der Waals surface area contributed by atoms with Crippen LogP contribution in [0.4, 0.5) is 51.0 Å². The molecule has 1 aliphatic rings. The van der Waals surface area contributed by atoms with Crippen molar-refractivity contribution >= 4 is 50.9 Å². The maximum Gasteiger partial charge on any atom is 0.418 e. The molecule has 3 N–H and O–H groups in total. The minimum atomic E-state index is -5.08. The Bertz CT molecular complexity index is 2090. The number of rotatable bonds is 6. The molecule has 1 unspecified atom stereocenters. The molecule has 0 bridgehead atoms. The van der Waals surface area contributed by atoms with E-state index in [1.165, 1.54) is 0 Å². The first-order chi connectivity index (χ1) is 21.2. The largest absolute Gasteiger partial charge is 0.418 e. The van der Waals surface area contributed by atoms with E-state index in [2.05, 4.69) is 26.0 Å². The molecular weight excluding hydrogens is 647 g/mol. The molecule has 0 spiro atoms. The van der Waals surface area contributed by atoms with Crippen molar-refractivity contribution < 1.29 is 44.3 Å². The van der Waals surface area contributed by atoms with Gasteiger partial charge < -0.3 is 15.2 Å². The Morgan fingerprint density at radius 3 is 2.44 bits per heavy atom. The van der Waals surface area contributed by atoms with Crippen molar-refractivity contribution in [3.8, 4) is 0 Å². The number of anilines is 2. The van der Waals surface area contributed by atoms with Crippen molar-refractivity contribution in [2.45, 2.75) is 31.7 Å². The van der Waals surface area contributed by atoms with Crippen LogP contribution in [0, 0.1) is 17.0 Å². The highest BCUT2D eigenvalue weighted by atomic mass is 35.5. The molecule has 1 atom stereocenters. The van der Waals surface area contributed by atoms with Gasteiger partial charge in [0.25, 0.3) is 12.3 Å². The van der Waals surface area contributed by atoms with E-state index in [9.17, 15) is 44.3 Å². The molecule has 1 amide bonds. The van der Waals surface area contributed by atoms with Gasteiger partial charge in [0.2, 0.25) is 5.62 Å². The van der Waals surface area contributed by atoms with E-state index in [0.29, 0.717) is 10.6 Å². The van der Waals surface area contributed by atoms with Gasteiger partial charge in [0.1, 0.15) is 17.2 Å². The van der Waals surface area contributed by atoms with Crippen LogP contribution in [-0.2, 0) is 12.7 Å². The molecule has 3 heterocycles. The van der Waals surface area contributed by atoms with Gasteiger partial charge in [-0.1, -0.05) is 11.6 Å². The number of carbonyl (C=O) groups excluding carboxylic acids is 1. The molecular formula is C26H14ClF9N8O. The first-order valence-electron chi connectivity index (χ1n) is 12.5. The summed E-state index contributed by atoms with van der Waals surface area (Å²) in [5.41, 5.74) is -5.73. The molecule has 3 aromatic carbocycles. The summed E-state index contributed by atoms with van der Waals surface area (Å²) in [6.45, 7) is -4.75. The van der Waals surface area contributed by atoms with Crippen LogP contribution in [0.15, 0.2) is 36.4 Å². The summed E-state index contributed by atoms with van der Waals surface area (Å²) in [7, 11) is 0. The van der Waals surface area contributed by atoms with Gasteiger partial charge >= 0.3 is 12.7 Å². The van der Waals surface area contributed by atoms with Gasteiger partial charge in [0.05, 0.1) is 40.1 Å². The fourth-order valence-corrected chi connectivity index (χ4v) is 5.58. The number of hydrogen-bond acceptors (Lipinski definition) is 6. The molecule has 5 aromatic rings. The zero-order valence-corrected chi connectivity index (χ0v) is 22.6. The number of aromatic nitrogens is 5. The predicted octanol–water partition coefficient (Wildman–Crippen LogP) is 6.45. The Hall–Kier alpha value is -4.87. The van der Waals surface area contributed by atoms with Crippen molar-refractivity contribution in [2.75, 3.05) is 5.32 Å². The maximum absolute atomic E-state index is 14.4. The molecule has 19 heteroatoms. The van der Waals surface area contributed by atoms with Crippen LogP contribution in [-0.4, -0.2) is 36.9 Å². The number of benzene rings is 3. The highest BCUT2D eigenvalue weighted by Crippen LogP contribution is 2.45. The lowest BCUT2D eigenvalue weighted by Crippen LogP contribution is -2.27. The van der Waals surface area contributed by atoms with E-state index >= 15 is 0 Å². The highest BCUT2D eigenvalue weighted by Gasteiger charge is 2.39. The van der Waals surface area contributed by atoms with E-state index < -0.39 is 93.8 Å². The zero-order chi connectivity index (χ0) is 32.5. The Morgan fingerprint density at radius 2 is 1.78 bits per heavy atom. The number of nitrogens with one attached hydrogen (secondary N) is 3. The molecule has 0 saturated carbocycles. The van der Waals surface area contributed by atoms with Crippen molar-refractivity contribution in [2.24, 2.45) is 0 Å². The lowest BCUT2D eigenvalue weighted by atomic mass is 9.95. The van der Waals surface area contributed by atoms with Crippen LogP contribution >= 0.6 is 11.6 Å². The monoisotopic (exact) mass is 660 g/mol. The van der Waals surface area contributed by atoms with Crippen LogP contribution in [0.5, 0.6) is 0 Å². The van der Waals surface area contributed by atoms with Crippen molar-refractivity contribution in [3.63, 3.8) is 0 Å². The van der Waals surface area contributed by atoms with Gasteiger partial charge in [0.15, 0.2) is 5.82 Å².